The van der Waals surface area contributed by atoms with Crippen LogP contribution in [-0.2, 0) is 45.0 Å². The van der Waals surface area contributed by atoms with Crippen LogP contribution in [0.1, 0.15) is 126 Å². The predicted molar refractivity (Wildman–Crippen MR) is 324 cm³/mol. The van der Waals surface area contributed by atoms with Crippen molar-refractivity contribution < 1.29 is 48.1 Å². The summed E-state index contributed by atoms with van der Waals surface area (Å²) in [5, 5.41) is 30.8. The SMILES string of the molecule is Cc1ncsc1-c1ccc([C@H](C)NC(=O)[C@@H]2C[C@@H](O)CN2C(=O)[C@@H](NC(=O)CCCC(=O)N(C)CCCc2cccc(F)c2OCCCc2sc(N3CCc4cccc(C(=O)Nc5nc6ccccc6s5)c4C3)nc2C(=O)O)C(C)(C)C)cc1. The van der Waals surface area contributed by atoms with Crippen molar-refractivity contribution in [1.29, 1.82) is 0 Å². The van der Waals surface area contributed by atoms with E-state index in [2.05, 4.69) is 30.9 Å². The molecule has 7 aromatic rings. The van der Waals surface area contributed by atoms with Gasteiger partial charge in [-0.2, -0.15) is 0 Å². The molecule has 5 heterocycles. The number of fused-ring (bicyclic) bond motifs is 2. The number of hydrogen-bond donors (Lipinski definition) is 5. The Balaban J connectivity index is 0.715. The standard InChI is InChI=1S/C62H70FN9O9S3/c1-36(38-24-26-41(27-25-38)54-37(2)64-35-82-54)65-57(77)47-32-42(73)33-72(47)58(78)55(62(3,4)5)67-50(74)22-11-23-51(75)70(6)29-12-16-40-15-10-18-45(63)53(40)81-31-13-21-49-52(59(79)80)68-61(84-49)71-30-28-39-14-9-17-43(44(39)34-71)56(76)69-60-66-46-19-7-8-20-48(46)83-60/h7-10,14-15,17-20,24-27,35-36,42,47,55,73H,11-13,16,21-23,28-34H2,1-6H3,(H,65,77)(H,67,74)(H,79,80)(H,66,69,76)/t36-,42+,47-,55+/m0/s1. The monoisotopic (exact) mass is 1200 g/mol. The molecule has 0 spiro atoms. The average molecular weight is 1200 g/mol. The summed E-state index contributed by atoms with van der Waals surface area (Å²) in [4.78, 5) is 101. The minimum atomic E-state index is -1.16. The van der Waals surface area contributed by atoms with Crippen LogP contribution in [0.25, 0.3) is 20.7 Å². The number of benzene rings is 4. The third kappa shape index (κ3) is 14.6. The lowest BCUT2D eigenvalue weighted by Gasteiger charge is -2.35. The molecule has 5 N–H and O–H groups in total. The largest absolute Gasteiger partial charge is 0.490 e. The van der Waals surface area contributed by atoms with Gasteiger partial charge in [-0.25, -0.2) is 24.1 Å². The number of carboxylic acid groups (broad SMARTS) is 1. The number of nitrogens with zero attached hydrogens (tertiary/aromatic N) is 6. The fraction of sp³-hybridized carbons (Fsp3) is 0.403. The maximum atomic E-state index is 15.3. The summed E-state index contributed by atoms with van der Waals surface area (Å²) in [5.41, 5.74) is 7.65. The first-order valence-electron chi connectivity index (χ1n) is 28.2. The van der Waals surface area contributed by atoms with E-state index in [4.69, 9.17) is 4.74 Å². The molecule has 0 unspecified atom stereocenters. The van der Waals surface area contributed by atoms with Gasteiger partial charge >= 0.3 is 5.97 Å². The highest BCUT2D eigenvalue weighted by Gasteiger charge is 2.45. The molecule has 9 rings (SSSR count). The summed E-state index contributed by atoms with van der Waals surface area (Å²) >= 11 is 4.24. The molecule has 0 aliphatic carbocycles. The normalized spacial score (nSPS) is 15.8. The number of halogens is 1. The molecule has 0 bridgehead atoms. The summed E-state index contributed by atoms with van der Waals surface area (Å²) in [5.74, 6) is -3.37. The number of aliphatic hydroxyl groups excluding tert-OH is 1. The summed E-state index contributed by atoms with van der Waals surface area (Å²) in [6.07, 6.45) is 1.62. The number of carboxylic acids is 1. The second kappa shape index (κ2) is 26.9. The summed E-state index contributed by atoms with van der Waals surface area (Å²) < 4.78 is 22.3. The van der Waals surface area contributed by atoms with Gasteiger partial charge in [-0.05, 0) is 110 Å². The zero-order valence-electron chi connectivity index (χ0n) is 47.9. The van der Waals surface area contributed by atoms with Gasteiger partial charge in [0, 0.05) is 62.9 Å². The van der Waals surface area contributed by atoms with E-state index in [1.165, 1.54) is 33.6 Å². The van der Waals surface area contributed by atoms with Crippen molar-refractivity contribution in [1.82, 2.24) is 35.4 Å². The number of likely N-dealkylation sites (tertiary alicyclic amines) is 1. The zero-order valence-corrected chi connectivity index (χ0v) is 50.4. The molecule has 1 saturated heterocycles. The van der Waals surface area contributed by atoms with Crippen molar-refractivity contribution in [2.75, 3.05) is 43.5 Å². The van der Waals surface area contributed by atoms with Gasteiger partial charge in [0.05, 0.1) is 45.1 Å². The molecule has 84 heavy (non-hydrogen) atoms. The number of rotatable bonds is 23. The van der Waals surface area contributed by atoms with Crippen LogP contribution in [0.2, 0.25) is 0 Å². The Hall–Kier alpha value is -7.66. The summed E-state index contributed by atoms with van der Waals surface area (Å²) in [7, 11) is 1.67. The molecule has 442 valence electrons. The van der Waals surface area contributed by atoms with Crippen molar-refractivity contribution in [2.24, 2.45) is 5.41 Å². The molecular weight excluding hydrogens is 1130 g/mol. The highest BCUT2D eigenvalue weighted by molar-refractivity contribution is 7.22. The fourth-order valence-corrected chi connectivity index (χ4v) is 13.4. The maximum absolute atomic E-state index is 15.3. The second-order valence-electron chi connectivity index (χ2n) is 22.5. The van der Waals surface area contributed by atoms with Crippen LogP contribution in [-0.4, -0.2) is 122 Å². The van der Waals surface area contributed by atoms with Crippen LogP contribution in [0.5, 0.6) is 5.75 Å². The molecular formula is C62H70FN9O9S3. The number of aromatic nitrogens is 3. The van der Waals surface area contributed by atoms with Crippen LogP contribution in [0.3, 0.4) is 0 Å². The predicted octanol–water partition coefficient (Wildman–Crippen LogP) is 9.78. The summed E-state index contributed by atoms with van der Waals surface area (Å²) in [6, 6.07) is 23.5. The van der Waals surface area contributed by atoms with Crippen molar-refractivity contribution in [3.63, 3.8) is 0 Å². The van der Waals surface area contributed by atoms with E-state index in [1.807, 2.05) is 100 Å². The molecule has 4 atom stereocenters. The summed E-state index contributed by atoms with van der Waals surface area (Å²) in [6.45, 7) is 10.6. The van der Waals surface area contributed by atoms with Gasteiger partial charge < -0.3 is 40.3 Å². The van der Waals surface area contributed by atoms with Crippen LogP contribution in [0.15, 0.2) is 90.4 Å². The van der Waals surface area contributed by atoms with E-state index in [-0.39, 0.29) is 68.1 Å². The Morgan fingerprint density at radius 2 is 1.68 bits per heavy atom. The number of thiazole rings is 3. The van der Waals surface area contributed by atoms with Crippen molar-refractivity contribution >= 4 is 90.0 Å². The molecule has 0 saturated carbocycles. The van der Waals surface area contributed by atoms with Crippen LogP contribution in [0.4, 0.5) is 14.7 Å². The molecule has 3 aromatic heterocycles. The Bertz CT molecular complexity index is 3510. The molecule has 22 heteroatoms. The number of carbonyl (C=O) groups excluding carboxylic acids is 5. The molecule has 2 aliphatic heterocycles. The van der Waals surface area contributed by atoms with Gasteiger partial charge in [0.2, 0.25) is 23.6 Å². The molecule has 1 fully saturated rings. The van der Waals surface area contributed by atoms with Crippen molar-refractivity contribution in [3.05, 3.63) is 140 Å². The number of carbonyl (C=O) groups is 6. The van der Waals surface area contributed by atoms with Crippen LogP contribution < -0.4 is 25.6 Å². The first kappa shape index (κ1) is 60.9. The number of aryl methyl sites for hydroxylation is 3. The average Bonchev–Trinajstić information content (AvgIpc) is 3.74. The van der Waals surface area contributed by atoms with E-state index < -0.39 is 53.1 Å². The van der Waals surface area contributed by atoms with Crippen LogP contribution in [0, 0.1) is 18.2 Å². The number of hydrogen-bond acceptors (Lipinski definition) is 15. The highest BCUT2D eigenvalue weighted by atomic mass is 32.1. The number of aliphatic hydroxyl groups is 1. The minimum Gasteiger partial charge on any atom is -0.490 e. The van der Waals surface area contributed by atoms with Crippen molar-refractivity contribution in [3.8, 4) is 16.2 Å². The lowest BCUT2D eigenvalue weighted by molar-refractivity contribution is -0.144. The minimum absolute atomic E-state index is 0.0281. The molecule has 4 aromatic carbocycles. The van der Waals surface area contributed by atoms with Gasteiger partial charge in [-0.3, -0.25) is 29.3 Å². The Morgan fingerprint density at radius 3 is 2.42 bits per heavy atom. The molecule has 2 aliphatic rings. The smallest absolute Gasteiger partial charge is 0.355 e. The Labute approximate surface area is 499 Å². The van der Waals surface area contributed by atoms with Gasteiger partial charge in [-0.1, -0.05) is 92.8 Å². The molecule has 0 radical (unpaired) electrons. The fourth-order valence-electron chi connectivity index (χ4n) is 10.6. The number of para-hydroxylation sites is 2. The topological polar surface area (TPSA) is 237 Å². The maximum Gasteiger partial charge on any atom is 0.355 e. The highest BCUT2D eigenvalue weighted by Crippen LogP contribution is 2.35. The van der Waals surface area contributed by atoms with Crippen LogP contribution >= 0.6 is 34.0 Å². The first-order valence-corrected chi connectivity index (χ1v) is 30.7. The van der Waals surface area contributed by atoms with Gasteiger partial charge in [0.25, 0.3) is 5.91 Å². The van der Waals surface area contributed by atoms with E-state index in [0.717, 1.165) is 43.0 Å². The zero-order chi connectivity index (χ0) is 59.8. The molecule has 18 nitrogen and oxygen atoms in total. The first-order chi connectivity index (χ1) is 40.2. The van der Waals surface area contributed by atoms with E-state index in [0.29, 0.717) is 78.0 Å². The number of amides is 5. The number of nitrogens with one attached hydrogen (secondary N) is 3. The third-order valence-corrected chi connectivity index (χ3v) is 18.4. The van der Waals surface area contributed by atoms with Gasteiger partial charge in [0.15, 0.2) is 27.5 Å². The quantitative estimate of drug-likeness (QED) is 0.0376. The Kier molecular flexibility index (Phi) is 19.5. The third-order valence-electron chi connectivity index (χ3n) is 15.3. The number of anilines is 2. The van der Waals surface area contributed by atoms with Gasteiger partial charge in [-0.15, -0.1) is 22.7 Å². The van der Waals surface area contributed by atoms with E-state index in [9.17, 15) is 39.0 Å². The second-order valence-corrected chi connectivity index (χ2v) is 25.4. The number of β-amino-alcohol motifs (C(OH)–C–C–N with tert-alkyl or cyclic N) is 1. The lowest BCUT2D eigenvalue weighted by atomic mass is 9.85. The van der Waals surface area contributed by atoms with Gasteiger partial charge in [0.1, 0.15) is 12.1 Å². The Morgan fingerprint density at radius 1 is 0.905 bits per heavy atom. The number of ether oxygens (including phenoxy) is 1. The van der Waals surface area contributed by atoms with Crippen molar-refractivity contribution in [2.45, 2.75) is 123 Å². The van der Waals surface area contributed by atoms with E-state index >= 15 is 4.39 Å². The molecule has 5 amide bonds. The lowest BCUT2D eigenvalue weighted by Crippen LogP contribution is -2.57. The number of aromatic carboxylic acids is 1. The van der Waals surface area contributed by atoms with E-state index in [1.54, 1.807) is 47.0 Å².